The van der Waals surface area contributed by atoms with Crippen LogP contribution < -0.4 is 10.2 Å². The number of anilines is 1. The number of halogens is 1. The van der Waals surface area contributed by atoms with Gasteiger partial charge in [0.2, 0.25) is 0 Å². The molecule has 2 aliphatic rings. The lowest BCUT2D eigenvalue weighted by Gasteiger charge is -2.39. The van der Waals surface area contributed by atoms with Crippen molar-refractivity contribution in [3.63, 3.8) is 0 Å². The molecule has 3 rings (SSSR count). The highest BCUT2D eigenvalue weighted by Gasteiger charge is 2.25. The number of nitrogens with zero attached hydrogens (tertiary/aromatic N) is 1. The monoisotopic (exact) mass is 338 g/mol. The van der Waals surface area contributed by atoms with Crippen LogP contribution in [0.5, 0.6) is 0 Å². The fourth-order valence-corrected chi connectivity index (χ4v) is 3.24. The molecule has 0 bridgehead atoms. The average Bonchev–Trinajstić information content (AvgIpc) is 3.19. The van der Waals surface area contributed by atoms with Gasteiger partial charge in [-0.25, -0.2) is 0 Å². The maximum atomic E-state index is 9.28. The van der Waals surface area contributed by atoms with Crippen LogP contribution in [0.25, 0.3) is 0 Å². The van der Waals surface area contributed by atoms with Gasteiger partial charge in [-0.05, 0) is 49.8 Å². The Kier molecular flexibility index (Phi) is 4.64. The Hall–Kier alpha value is -0.580. The minimum absolute atomic E-state index is 0.221. The van der Waals surface area contributed by atoms with Crippen LogP contribution in [-0.4, -0.2) is 30.3 Å². The van der Waals surface area contributed by atoms with E-state index in [1.54, 1.807) is 0 Å². The number of hydrogen-bond acceptors (Lipinski definition) is 3. The van der Waals surface area contributed by atoms with Crippen LogP contribution in [0.2, 0.25) is 0 Å². The largest absolute Gasteiger partial charge is 0.395 e. The van der Waals surface area contributed by atoms with Crippen LogP contribution in [0.4, 0.5) is 5.69 Å². The summed E-state index contributed by atoms with van der Waals surface area (Å²) in [6, 6.07) is 7.96. The van der Waals surface area contributed by atoms with Crippen molar-refractivity contribution in [3.8, 4) is 0 Å². The maximum Gasteiger partial charge on any atom is 0.0606 e. The zero-order valence-electron chi connectivity index (χ0n) is 11.8. The molecular formula is C16H23BrN2O. The van der Waals surface area contributed by atoms with E-state index in [2.05, 4.69) is 44.3 Å². The first kappa shape index (κ1) is 14.4. The summed E-state index contributed by atoms with van der Waals surface area (Å²) in [5.41, 5.74) is 2.55. The highest BCUT2D eigenvalue weighted by Crippen LogP contribution is 2.32. The summed E-state index contributed by atoms with van der Waals surface area (Å²) in [5.74, 6) is 0. The van der Waals surface area contributed by atoms with Crippen molar-refractivity contribution in [1.82, 2.24) is 5.32 Å². The van der Waals surface area contributed by atoms with E-state index < -0.39 is 0 Å². The van der Waals surface area contributed by atoms with Crippen molar-refractivity contribution in [2.24, 2.45) is 0 Å². The molecule has 0 saturated heterocycles. The molecule has 0 heterocycles. The fraction of sp³-hybridized carbons (Fsp3) is 0.625. The predicted octanol–water partition coefficient (Wildman–Crippen LogP) is 3.05. The van der Waals surface area contributed by atoms with E-state index in [9.17, 15) is 5.11 Å². The van der Waals surface area contributed by atoms with Crippen LogP contribution in [-0.2, 0) is 6.54 Å². The maximum absolute atomic E-state index is 9.28. The van der Waals surface area contributed by atoms with Gasteiger partial charge in [-0.3, -0.25) is 0 Å². The molecule has 2 fully saturated rings. The highest BCUT2D eigenvalue weighted by molar-refractivity contribution is 9.10. The zero-order valence-corrected chi connectivity index (χ0v) is 13.4. The van der Waals surface area contributed by atoms with Gasteiger partial charge < -0.3 is 15.3 Å². The van der Waals surface area contributed by atoms with E-state index in [1.807, 2.05) is 0 Å². The van der Waals surface area contributed by atoms with Gasteiger partial charge in [0.1, 0.15) is 0 Å². The van der Waals surface area contributed by atoms with Crippen LogP contribution in [0.3, 0.4) is 0 Å². The summed E-state index contributed by atoms with van der Waals surface area (Å²) >= 11 is 3.70. The SMILES string of the molecule is OCCN(c1ccc(CNC2CC2)c(Br)c1)C1CCC1. The van der Waals surface area contributed by atoms with Crippen LogP contribution in [0.15, 0.2) is 22.7 Å². The number of hydrogen-bond donors (Lipinski definition) is 2. The number of rotatable bonds is 7. The minimum atomic E-state index is 0.221. The molecule has 0 aromatic heterocycles. The molecule has 3 nitrogen and oxygen atoms in total. The van der Waals surface area contributed by atoms with Gasteiger partial charge in [-0.15, -0.1) is 0 Å². The summed E-state index contributed by atoms with van der Waals surface area (Å²) in [4.78, 5) is 2.35. The Morgan fingerprint density at radius 2 is 2.05 bits per heavy atom. The Balaban J connectivity index is 1.69. The summed E-state index contributed by atoms with van der Waals surface area (Å²) in [6.07, 6.45) is 6.46. The third-order valence-electron chi connectivity index (χ3n) is 4.38. The molecule has 0 unspecified atom stereocenters. The lowest BCUT2D eigenvalue weighted by atomic mass is 9.91. The molecule has 2 saturated carbocycles. The van der Waals surface area contributed by atoms with Gasteiger partial charge in [0.25, 0.3) is 0 Å². The van der Waals surface area contributed by atoms with Crippen molar-refractivity contribution in [3.05, 3.63) is 28.2 Å². The summed E-state index contributed by atoms with van der Waals surface area (Å²) in [5, 5.41) is 12.8. The average molecular weight is 339 g/mol. The Morgan fingerprint density at radius 1 is 1.25 bits per heavy atom. The van der Waals surface area contributed by atoms with Crippen molar-refractivity contribution < 1.29 is 5.11 Å². The smallest absolute Gasteiger partial charge is 0.0606 e. The second-order valence-electron chi connectivity index (χ2n) is 5.93. The Labute approximate surface area is 129 Å². The van der Waals surface area contributed by atoms with Crippen LogP contribution in [0.1, 0.15) is 37.7 Å². The van der Waals surface area contributed by atoms with E-state index in [1.165, 1.54) is 47.8 Å². The molecule has 0 atom stereocenters. The van der Waals surface area contributed by atoms with Crippen LogP contribution in [0, 0.1) is 0 Å². The Morgan fingerprint density at radius 3 is 2.60 bits per heavy atom. The van der Waals surface area contributed by atoms with Gasteiger partial charge in [0, 0.05) is 35.3 Å². The van der Waals surface area contributed by atoms with E-state index in [-0.39, 0.29) is 6.61 Å². The summed E-state index contributed by atoms with van der Waals surface area (Å²) in [7, 11) is 0. The fourth-order valence-electron chi connectivity index (χ4n) is 2.73. The number of aliphatic hydroxyl groups is 1. The van der Waals surface area contributed by atoms with Crippen molar-refractivity contribution in [2.45, 2.75) is 50.7 Å². The number of benzene rings is 1. The normalized spacial score (nSPS) is 18.9. The molecule has 110 valence electrons. The second kappa shape index (κ2) is 6.46. The summed E-state index contributed by atoms with van der Waals surface area (Å²) < 4.78 is 1.17. The Bertz CT molecular complexity index is 458. The first-order chi connectivity index (χ1) is 9.78. The van der Waals surface area contributed by atoms with Crippen molar-refractivity contribution in [2.75, 3.05) is 18.1 Å². The second-order valence-corrected chi connectivity index (χ2v) is 6.79. The minimum Gasteiger partial charge on any atom is -0.395 e. The van der Waals surface area contributed by atoms with E-state index in [4.69, 9.17) is 0 Å². The third-order valence-corrected chi connectivity index (χ3v) is 5.12. The van der Waals surface area contributed by atoms with Crippen molar-refractivity contribution in [1.29, 1.82) is 0 Å². The molecule has 2 N–H and O–H groups in total. The number of nitrogens with one attached hydrogen (secondary N) is 1. The van der Waals surface area contributed by atoms with E-state index >= 15 is 0 Å². The highest BCUT2D eigenvalue weighted by atomic mass is 79.9. The van der Waals surface area contributed by atoms with Gasteiger partial charge >= 0.3 is 0 Å². The molecule has 0 radical (unpaired) electrons. The van der Waals surface area contributed by atoms with E-state index in [0.29, 0.717) is 6.04 Å². The predicted molar refractivity (Wildman–Crippen MR) is 86.1 cm³/mol. The quantitative estimate of drug-likeness (QED) is 0.802. The molecule has 2 aliphatic carbocycles. The molecule has 0 aliphatic heterocycles. The number of aliphatic hydroxyl groups excluding tert-OH is 1. The van der Waals surface area contributed by atoms with Gasteiger partial charge in [-0.1, -0.05) is 22.0 Å². The zero-order chi connectivity index (χ0) is 13.9. The first-order valence-electron chi connectivity index (χ1n) is 7.67. The standard InChI is InChI=1S/C16H23BrN2O/c17-16-10-15(19(8-9-20)14-2-1-3-14)7-4-12(16)11-18-13-5-6-13/h4,7,10,13-14,18,20H,1-3,5-6,8-9,11H2. The van der Waals surface area contributed by atoms with Crippen molar-refractivity contribution >= 4 is 21.6 Å². The molecule has 0 spiro atoms. The third kappa shape index (κ3) is 3.35. The molecule has 20 heavy (non-hydrogen) atoms. The summed E-state index contributed by atoms with van der Waals surface area (Å²) in [6.45, 7) is 1.89. The van der Waals surface area contributed by atoms with Crippen LogP contribution >= 0.6 is 15.9 Å². The first-order valence-corrected chi connectivity index (χ1v) is 8.46. The lowest BCUT2D eigenvalue weighted by Crippen LogP contribution is -2.42. The molecule has 0 amide bonds. The molecule has 1 aromatic rings. The van der Waals surface area contributed by atoms with Gasteiger partial charge in [-0.2, -0.15) is 0 Å². The van der Waals surface area contributed by atoms with Gasteiger partial charge in [0.05, 0.1) is 6.61 Å². The molecule has 1 aromatic carbocycles. The topological polar surface area (TPSA) is 35.5 Å². The molecule has 4 heteroatoms. The van der Waals surface area contributed by atoms with Gasteiger partial charge in [0.15, 0.2) is 0 Å². The lowest BCUT2D eigenvalue weighted by molar-refractivity contribution is 0.283. The molecular weight excluding hydrogens is 316 g/mol. The van der Waals surface area contributed by atoms with E-state index in [0.717, 1.165) is 19.1 Å².